The number of rotatable bonds is 5. The quantitative estimate of drug-likeness (QED) is 0.799. The second-order valence-corrected chi connectivity index (χ2v) is 6.02. The highest BCUT2D eigenvalue weighted by Crippen LogP contribution is 2.23. The van der Waals surface area contributed by atoms with Crippen molar-refractivity contribution in [1.29, 1.82) is 0 Å². The van der Waals surface area contributed by atoms with E-state index in [2.05, 4.69) is 24.2 Å². The van der Waals surface area contributed by atoms with E-state index in [-0.39, 0.29) is 5.60 Å². The lowest BCUT2D eigenvalue weighted by Crippen LogP contribution is -2.50. The van der Waals surface area contributed by atoms with Gasteiger partial charge in [0.1, 0.15) is 5.60 Å². The molecule has 2 fully saturated rings. The first-order valence-electron chi connectivity index (χ1n) is 7.20. The third-order valence-corrected chi connectivity index (χ3v) is 4.61. The number of hydrogen-bond acceptors (Lipinski definition) is 4. The van der Waals surface area contributed by atoms with E-state index in [4.69, 9.17) is 9.47 Å². The summed E-state index contributed by atoms with van der Waals surface area (Å²) in [5, 5.41) is 3.67. The maximum absolute atomic E-state index is 5.66. The van der Waals surface area contributed by atoms with Crippen LogP contribution in [0.2, 0.25) is 0 Å². The molecule has 0 amide bonds. The molecular formula is C14H28N2O2. The Morgan fingerprint density at radius 2 is 2.39 bits per heavy atom. The van der Waals surface area contributed by atoms with Crippen LogP contribution in [-0.4, -0.2) is 63.5 Å². The monoisotopic (exact) mass is 256 g/mol. The predicted octanol–water partition coefficient (Wildman–Crippen LogP) is 1.11. The Morgan fingerprint density at radius 3 is 3.00 bits per heavy atom. The van der Waals surface area contributed by atoms with Crippen molar-refractivity contribution >= 4 is 0 Å². The average molecular weight is 256 g/mol. The van der Waals surface area contributed by atoms with Gasteiger partial charge in [0.25, 0.3) is 0 Å². The van der Waals surface area contributed by atoms with Gasteiger partial charge in [-0.15, -0.1) is 0 Å². The van der Waals surface area contributed by atoms with Gasteiger partial charge in [-0.1, -0.05) is 0 Å². The van der Waals surface area contributed by atoms with Crippen LogP contribution in [0.4, 0.5) is 0 Å². The van der Waals surface area contributed by atoms with Crippen molar-refractivity contribution < 1.29 is 9.47 Å². The molecule has 4 heteroatoms. The number of hydrogen-bond donors (Lipinski definition) is 1. The number of ether oxygens (including phenoxy) is 2. The minimum absolute atomic E-state index is 0.0885. The van der Waals surface area contributed by atoms with E-state index in [1.807, 2.05) is 0 Å². The Bertz CT molecular complexity index is 254. The SMILES string of the molecule is COC1(CNC(C)C2CCCN(C)C2)CCOC1. The van der Waals surface area contributed by atoms with Crippen molar-refractivity contribution in [3.05, 3.63) is 0 Å². The lowest BCUT2D eigenvalue weighted by atomic mass is 9.91. The van der Waals surface area contributed by atoms with Crippen molar-refractivity contribution in [2.24, 2.45) is 5.92 Å². The maximum Gasteiger partial charge on any atom is 0.106 e. The Labute approximate surface area is 111 Å². The molecule has 3 unspecified atom stereocenters. The Hall–Kier alpha value is -0.160. The molecule has 2 aliphatic heterocycles. The van der Waals surface area contributed by atoms with E-state index in [0.717, 1.165) is 32.1 Å². The van der Waals surface area contributed by atoms with Crippen molar-refractivity contribution in [3.63, 3.8) is 0 Å². The van der Waals surface area contributed by atoms with Crippen LogP contribution in [0, 0.1) is 5.92 Å². The first-order valence-corrected chi connectivity index (χ1v) is 7.20. The molecule has 0 aromatic rings. The van der Waals surface area contributed by atoms with Crippen LogP contribution in [-0.2, 0) is 9.47 Å². The van der Waals surface area contributed by atoms with E-state index < -0.39 is 0 Å². The smallest absolute Gasteiger partial charge is 0.106 e. The van der Waals surface area contributed by atoms with E-state index >= 15 is 0 Å². The first kappa shape index (κ1) is 14.3. The summed E-state index contributed by atoms with van der Waals surface area (Å²) < 4.78 is 11.1. The summed E-state index contributed by atoms with van der Waals surface area (Å²) in [6.07, 6.45) is 3.68. The second-order valence-electron chi connectivity index (χ2n) is 6.02. The first-order chi connectivity index (χ1) is 8.65. The van der Waals surface area contributed by atoms with Gasteiger partial charge in [-0.2, -0.15) is 0 Å². The molecule has 0 spiro atoms. The molecule has 0 aliphatic carbocycles. The molecule has 0 saturated carbocycles. The van der Waals surface area contributed by atoms with Gasteiger partial charge in [0.05, 0.1) is 6.61 Å². The third kappa shape index (κ3) is 3.44. The molecule has 0 aromatic carbocycles. The lowest BCUT2D eigenvalue weighted by molar-refractivity contribution is -0.0190. The second kappa shape index (κ2) is 6.33. The van der Waals surface area contributed by atoms with Crippen molar-refractivity contribution in [3.8, 4) is 0 Å². The Morgan fingerprint density at radius 1 is 1.56 bits per heavy atom. The zero-order chi connectivity index (χ0) is 13.0. The van der Waals surface area contributed by atoms with Crippen LogP contribution in [0.3, 0.4) is 0 Å². The molecule has 18 heavy (non-hydrogen) atoms. The van der Waals surface area contributed by atoms with Gasteiger partial charge in [-0.25, -0.2) is 0 Å². The molecule has 1 N–H and O–H groups in total. The summed E-state index contributed by atoms with van der Waals surface area (Å²) in [5.41, 5.74) is -0.0885. The summed E-state index contributed by atoms with van der Waals surface area (Å²) in [7, 11) is 4.02. The topological polar surface area (TPSA) is 33.7 Å². The molecular weight excluding hydrogens is 228 g/mol. The van der Waals surface area contributed by atoms with E-state index in [9.17, 15) is 0 Å². The molecule has 2 saturated heterocycles. The van der Waals surface area contributed by atoms with Gasteiger partial charge in [0.15, 0.2) is 0 Å². The van der Waals surface area contributed by atoms with E-state index in [1.54, 1.807) is 7.11 Å². The highest BCUT2D eigenvalue weighted by molar-refractivity contribution is 4.89. The minimum atomic E-state index is -0.0885. The van der Waals surface area contributed by atoms with Crippen LogP contribution in [0.25, 0.3) is 0 Å². The number of nitrogens with one attached hydrogen (secondary N) is 1. The summed E-state index contributed by atoms with van der Waals surface area (Å²) in [6.45, 7) is 7.24. The van der Waals surface area contributed by atoms with Gasteiger partial charge in [0.2, 0.25) is 0 Å². The molecule has 0 bridgehead atoms. The highest BCUT2D eigenvalue weighted by atomic mass is 16.5. The molecule has 106 valence electrons. The van der Waals surface area contributed by atoms with E-state index in [0.29, 0.717) is 6.04 Å². The van der Waals surface area contributed by atoms with Crippen molar-refractivity contribution in [1.82, 2.24) is 10.2 Å². The van der Waals surface area contributed by atoms with Crippen LogP contribution >= 0.6 is 0 Å². The molecule has 2 aliphatic rings. The fraction of sp³-hybridized carbons (Fsp3) is 1.00. The highest BCUT2D eigenvalue weighted by Gasteiger charge is 2.35. The van der Waals surface area contributed by atoms with Gasteiger partial charge in [0, 0.05) is 39.3 Å². The lowest BCUT2D eigenvalue weighted by Gasteiger charge is -2.36. The molecule has 0 aromatic heterocycles. The zero-order valence-electron chi connectivity index (χ0n) is 12.1. The zero-order valence-corrected chi connectivity index (χ0v) is 12.1. The molecule has 2 heterocycles. The average Bonchev–Trinajstić information content (AvgIpc) is 2.85. The number of methoxy groups -OCH3 is 1. The van der Waals surface area contributed by atoms with E-state index in [1.165, 1.54) is 25.9 Å². The third-order valence-electron chi connectivity index (χ3n) is 4.61. The van der Waals surface area contributed by atoms with Gasteiger partial charge in [-0.05, 0) is 39.3 Å². The summed E-state index contributed by atoms with van der Waals surface area (Å²) in [5.74, 6) is 0.764. The normalized spacial score (nSPS) is 35.8. The minimum Gasteiger partial charge on any atom is -0.378 e. The largest absolute Gasteiger partial charge is 0.378 e. The fourth-order valence-corrected chi connectivity index (χ4v) is 3.09. The predicted molar refractivity (Wildman–Crippen MR) is 72.9 cm³/mol. The molecule has 0 radical (unpaired) electrons. The molecule has 2 rings (SSSR count). The summed E-state index contributed by atoms with van der Waals surface area (Å²) >= 11 is 0. The van der Waals surface area contributed by atoms with Crippen LogP contribution in [0.1, 0.15) is 26.2 Å². The van der Waals surface area contributed by atoms with Crippen LogP contribution < -0.4 is 5.32 Å². The standard InChI is InChI=1S/C14H28N2O2/c1-12(13-5-4-7-16(2)9-13)15-10-14(17-3)6-8-18-11-14/h12-13,15H,4-11H2,1-3H3. The summed E-state index contributed by atoms with van der Waals surface area (Å²) in [4.78, 5) is 2.44. The Balaban J connectivity index is 1.78. The van der Waals surface area contributed by atoms with Crippen LogP contribution in [0.5, 0.6) is 0 Å². The number of likely N-dealkylation sites (tertiary alicyclic amines) is 1. The van der Waals surface area contributed by atoms with Gasteiger partial charge in [-0.3, -0.25) is 0 Å². The fourth-order valence-electron chi connectivity index (χ4n) is 3.09. The van der Waals surface area contributed by atoms with Crippen LogP contribution in [0.15, 0.2) is 0 Å². The summed E-state index contributed by atoms with van der Waals surface area (Å²) in [6, 6.07) is 0.556. The molecule has 4 nitrogen and oxygen atoms in total. The van der Waals surface area contributed by atoms with Crippen molar-refractivity contribution in [2.75, 3.05) is 47.0 Å². The van der Waals surface area contributed by atoms with Gasteiger partial charge < -0.3 is 19.7 Å². The maximum atomic E-state index is 5.66. The molecule has 3 atom stereocenters. The van der Waals surface area contributed by atoms with Gasteiger partial charge >= 0.3 is 0 Å². The number of nitrogens with zero attached hydrogens (tertiary/aromatic N) is 1. The number of piperidine rings is 1. The van der Waals surface area contributed by atoms with Crippen molar-refractivity contribution in [2.45, 2.75) is 37.8 Å². The Kier molecular flexibility index (Phi) is 5.01.